The Balaban J connectivity index is 0. The predicted molar refractivity (Wildman–Crippen MR) is 44.3 cm³/mol. The van der Waals surface area contributed by atoms with E-state index in [1.807, 2.05) is 6.92 Å². The van der Waals surface area contributed by atoms with Crippen molar-refractivity contribution >= 4 is 5.97 Å². The number of carboxylic acid groups (broad SMARTS) is 1. The number of hydroxylamine groups is 3. The second-order valence-corrected chi connectivity index (χ2v) is 3.23. The molecule has 12 heavy (non-hydrogen) atoms. The Morgan fingerprint density at radius 3 is 1.83 bits per heavy atom. The number of carbonyl (C=O) groups excluding carboxylic acids is 1. The zero-order chi connectivity index (χ0) is 10.4. The Hall–Kier alpha value is -0.610. The molecular weight excluding hydrogens is 158 g/mol. The Bertz CT molecular complexity index is 125. The van der Waals surface area contributed by atoms with Crippen LogP contribution in [0.15, 0.2) is 0 Å². The van der Waals surface area contributed by atoms with E-state index in [4.69, 9.17) is 9.90 Å². The maximum Gasteiger partial charge on any atom is 0.115 e. The van der Waals surface area contributed by atoms with Crippen molar-refractivity contribution in [2.45, 2.75) is 33.2 Å². The van der Waals surface area contributed by atoms with E-state index < -0.39 is 5.97 Å². The molecule has 0 aromatic rings. The number of nitrogens with zero attached hydrogens (tertiary/aromatic N) is 1. The molecule has 74 valence electrons. The fourth-order valence-electron chi connectivity index (χ4n) is 0.447. The first-order chi connectivity index (χ1) is 5.21. The number of carbonyl (C=O) groups is 1. The SMILES string of the molecule is CC(=O)[O-].CCC(C)[N+](C)(C)O. The van der Waals surface area contributed by atoms with E-state index in [1.54, 1.807) is 14.1 Å². The molecule has 0 bridgehead atoms. The molecule has 1 atom stereocenters. The van der Waals surface area contributed by atoms with Crippen LogP contribution in [-0.2, 0) is 4.79 Å². The van der Waals surface area contributed by atoms with Gasteiger partial charge in [0.25, 0.3) is 0 Å². The summed E-state index contributed by atoms with van der Waals surface area (Å²) in [6.45, 7) is 5.07. The molecule has 4 heteroatoms. The third kappa shape index (κ3) is 12.1. The minimum atomic E-state index is -1.08. The molecule has 0 aliphatic rings. The van der Waals surface area contributed by atoms with Crippen molar-refractivity contribution in [1.29, 1.82) is 0 Å². The van der Waals surface area contributed by atoms with E-state index in [-0.39, 0.29) is 4.65 Å². The highest BCUT2D eigenvalue weighted by Gasteiger charge is 2.18. The van der Waals surface area contributed by atoms with E-state index in [2.05, 4.69) is 6.92 Å². The molecule has 4 nitrogen and oxygen atoms in total. The maximum atomic E-state index is 9.22. The van der Waals surface area contributed by atoms with E-state index >= 15 is 0 Å². The van der Waals surface area contributed by atoms with Crippen LogP contribution in [0.5, 0.6) is 0 Å². The topological polar surface area (TPSA) is 60.4 Å². The highest BCUT2D eigenvalue weighted by atomic mass is 16.5. The third-order valence-electron chi connectivity index (χ3n) is 1.67. The number of carboxylic acids is 1. The standard InChI is InChI=1S/C6H16NO.C2H4O2/c1-5-6(2)7(3,4)8;1-2(3)4/h6,8H,5H2,1-4H3;1H3,(H,3,4)/q+1;/p-1. The molecule has 0 saturated heterocycles. The fraction of sp³-hybridized carbons (Fsp3) is 0.875. The largest absolute Gasteiger partial charge is 0.550 e. The quantitative estimate of drug-likeness (QED) is 0.477. The molecule has 0 amide bonds. The van der Waals surface area contributed by atoms with Crippen molar-refractivity contribution in [3.63, 3.8) is 0 Å². The van der Waals surface area contributed by atoms with Gasteiger partial charge in [-0.3, -0.25) is 0 Å². The van der Waals surface area contributed by atoms with Crippen molar-refractivity contribution < 1.29 is 19.8 Å². The molecule has 0 heterocycles. The van der Waals surface area contributed by atoms with Crippen molar-refractivity contribution in [2.75, 3.05) is 14.1 Å². The van der Waals surface area contributed by atoms with Gasteiger partial charge in [0, 0.05) is 5.97 Å². The average Bonchev–Trinajstić information content (AvgIpc) is 1.82. The molecule has 0 aliphatic carbocycles. The van der Waals surface area contributed by atoms with Gasteiger partial charge in [0.2, 0.25) is 0 Å². The average molecular weight is 177 g/mol. The lowest BCUT2D eigenvalue weighted by Gasteiger charge is -2.25. The summed E-state index contributed by atoms with van der Waals surface area (Å²) in [4.78, 5) is 8.89. The molecule has 0 spiro atoms. The van der Waals surface area contributed by atoms with Gasteiger partial charge in [-0.25, -0.2) is 5.21 Å². The van der Waals surface area contributed by atoms with Gasteiger partial charge in [-0.2, -0.15) is 4.65 Å². The van der Waals surface area contributed by atoms with Gasteiger partial charge in [-0.1, -0.05) is 6.92 Å². The molecule has 0 aromatic carbocycles. The van der Waals surface area contributed by atoms with Gasteiger partial charge in [0.1, 0.15) is 6.04 Å². The van der Waals surface area contributed by atoms with Crippen LogP contribution >= 0.6 is 0 Å². The van der Waals surface area contributed by atoms with Gasteiger partial charge in [-0.05, 0) is 20.3 Å². The first-order valence-corrected chi connectivity index (χ1v) is 3.95. The second kappa shape index (κ2) is 5.97. The number of aliphatic carboxylic acids is 1. The first kappa shape index (κ1) is 13.9. The minimum Gasteiger partial charge on any atom is -0.550 e. The molecule has 0 radical (unpaired) electrons. The molecule has 0 aliphatic heterocycles. The molecule has 0 aromatic heterocycles. The Kier molecular flexibility index (Phi) is 6.94. The van der Waals surface area contributed by atoms with Crippen molar-refractivity contribution in [3.8, 4) is 0 Å². The summed E-state index contributed by atoms with van der Waals surface area (Å²) in [5, 5.41) is 18.1. The van der Waals surface area contributed by atoms with Crippen molar-refractivity contribution in [3.05, 3.63) is 0 Å². The summed E-state index contributed by atoms with van der Waals surface area (Å²) in [7, 11) is 3.57. The first-order valence-electron chi connectivity index (χ1n) is 3.95. The zero-order valence-corrected chi connectivity index (χ0v) is 8.50. The Morgan fingerprint density at radius 2 is 1.83 bits per heavy atom. The van der Waals surface area contributed by atoms with Crippen LogP contribution in [0.4, 0.5) is 0 Å². The minimum absolute atomic E-state index is 0.0799. The summed E-state index contributed by atoms with van der Waals surface area (Å²) in [5.41, 5.74) is 0. The van der Waals surface area contributed by atoms with Crippen LogP contribution in [0.25, 0.3) is 0 Å². The fourth-order valence-corrected chi connectivity index (χ4v) is 0.447. The van der Waals surface area contributed by atoms with Crippen LogP contribution in [0.2, 0.25) is 0 Å². The summed E-state index contributed by atoms with van der Waals surface area (Å²) >= 11 is 0. The van der Waals surface area contributed by atoms with Crippen molar-refractivity contribution in [2.24, 2.45) is 0 Å². The molecule has 0 rings (SSSR count). The van der Waals surface area contributed by atoms with E-state index in [0.29, 0.717) is 6.04 Å². The predicted octanol–water partition coefficient (Wildman–Crippen LogP) is 0.00670. The van der Waals surface area contributed by atoms with Gasteiger partial charge in [0.15, 0.2) is 0 Å². The summed E-state index contributed by atoms with van der Waals surface area (Å²) in [6.07, 6.45) is 1.02. The Labute approximate surface area is 74.0 Å². The lowest BCUT2D eigenvalue weighted by molar-refractivity contribution is -1.09. The summed E-state index contributed by atoms with van der Waals surface area (Å²) < 4.78 is 0.0799. The lowest BCUT2D eigenvalue weighted by atomic mass is 10.2. The third-order valence-corrected chi connectivity index (χ3v) is 1.67. The zero-order valence-electron chi connectivity index (χ0n) is 8.50. The summed E-state index contributed by atoms with van der Waals surface area (Å²) in [6, 6.07) is 0.343. The highest BCUT2D eigenvalue weighted by molar-refractivity contribution is 5.60. The van der Waals surface area contributed by atoms with Crippen LogP contribution in [0.1, 0.15) is 27.2 Å². The van der Waals surface area contributed by atoms with Gasteiger partial charge in [0.05, 0.1) is 14.1 Å². The second-order valence-electron chi connectivity index (χ2n) is 3.23. The molecule has 0 fully saturated rings. The maximum absolute atomic E-state index is 9.22. The molecular formula is C8H19NO3. The van der Waals surface area contributed by atoms with Crippen LogP contribution < -0.4 is 5.11 Å². The van der Waals surface area contributed by atoms with E-state index in [1.165, 1.54) is 0 Å². The van der Waals surface area contributed by atoms with E-state index in [9.17, 15) is 5.21 Å². The Morgan fingerprint density at radius 1 is 1.58 bits per heavy atom. The highest BCUT2D eigenvalue weighted by Crippen LogP contribution is 2.03. The van der Waals surface area contributed by atoms with Gasteiger partial charge < -0.3 is 9.90 Å². The molecule has 0 saturated carbocycles. The van der Waals surface area contributed by atoms with Crippen LogP contribution in [0, 0.1) is 0 Å². The van der Waals surface area contributed by atoms with Crippen LogP contribution in [0.3, 0.4) is 0 Å². The lowest BCUT2D eigenvalue weighted by Crippen LogP contribution is -2.43. The summed E-state index contributed by atoms with van der Waals surface area (Å²) in [5.74, 6) is -1.08. The van der Waals surface area contributed by atoms with Crippen LogP contribution in [-0.4, -0.2) is 36.0 Å². The molecule has 1 N–H and O–H groups in total. The smallest absolute Gasteiger partial charge is 0.115 e. The van der Waals surface area contributed by atoms with Gasteiger partial charge in [-0.15, -0.1) is 0 Å². The van der Waals surface area contributed by atoms with Gasteiger partial charge >= 0.3 is 0 Å². The number of quaternary nitrogens is 1. The number of hydrogen-bond donors (Lipinski definition) is 1. The molecule has 1 unspecified atom stereocenters. The number of hydrogen-bond acceptors (Lipinski definition) is 3. The normalized spacial score (nSPS) is 12.8. The van der Waals surface area contributed by atoms with Crippen molar-refractivity contribution in [1.82, 2.24) is 0 Å². The van der Waals surface area contributed by atoms with E-state index in [0.717, 1.165) is 13.3 Å². The number of rotatable bonds is 2. The monoisotopic (exact) mass is 177 g/mol.